The molecule has 2 aromatic rings. The topological polar surface area (TPSA) is 46.4 Å². The Morgan fingerprint density at radius 2 is 2.23 bits per heavy atom. The van der Waals surface area contributed by atoms with Crippen molar-refractivity contribution >= 4 is 23.0 Å². The number of benzene rings is 1. The number of thiocarbonyl (C=S) groups is 1. The Balaban J connectivity index is 1.58. The molecule has 0 unspecified atom stereocenters. The molecule has 2 N–H and O–H groups in total. The second kappa shape index (κ2) is 8.51. The predicted molar refractivity (Wildman–Crippen MR) is 88.3 cm³/mol. The lowest BCUT2D eigenvalue weighted by Gasteiger charge is -2.11. The smallest absolute Gasteiger partial charge is 0.170 e. The summed E-state index contributed by atoms with van der Waals surface area (Å²) < 4.78 is 24.0. The molecule has 118 valence electrons. The first-order valence-electron chi connectivity index (χ1n) is 7.06. The van der Waals surface area contributed by atoms with E-state index >= 15 is 0 Å². The third-order valence-corrected chi connectivity index (χ3v) is 3.25. The van der Waals surface area contributed by atoms with Crippen molar-refractivity contribution < 1.29 is 13.5 Å². The molecule has 0 aliphatic carbocycles. The summed E-state index contributed by atoms with van der Waals surface area (Å²) in [6.45, 7) is 3.48. The summed E-state index contributed by atoms with van der Waals surface area (Å²) in [5.74, 6) is 0.561. The van der Waals surface area contributed by atoms with Crippen LogP contribution in [0.2, 0.25) is 0 Å². The summed E-state index contributed by atoms with van der Waals surface area (Å²) in [5, 5.41) is 6.47. The summed E-state index contributed by atoms with van der Waals surface area (Å²) in [4.78, 5) is 0. The quantitative estimate of drug-likeness (QED) is 0.602. The lowest BCUT2D eigenvalue weighted by Crippen LogP contribution is -2.29. The van der Waals surface area contributed by atoms with E-state index < -0.39 is 0 Å². The van der Waals surface area contributed by atoms with E-state index in [-0.39, 0.29) is 5.82 Å². The van der Waals surface area contributed by atoms with Gasteiger partial charge in [0, 0.05) is 18.8 Å². The highest BCUT2D eigenvalue weighted by Crippen LogP contribution is 2.13. The molecule has 1 heterocycles. The molecule has 2 rings (SSSR count). The number of nitrogens with one attached hydrogen (secondary N) is 2. The van der Waals surface area contributed by atoms with Crippen molar-refractivity contribution in [2.45, 2.75) is 20.0 Å². The van der Waals surface area contributed by atoms with Crippen molar-refractivity contribution in [3.05, 3.63) is 53.7 Å². The number of hydrogen-bond donors (Lipinski definition) is 2. The summed E-state index contributed by atoms with van der Waals surface area (Å²) in [6, 6.07) is 8.63. The van der Waals surface area contributed by atoms with Crippen LogP contribution in [-0.4, -0.2) is 18.3 Å². The average molecular weight is 322 g/mol. The zero-order valence-electron chi connectivity index (χ0n) is 12.4. The monoisotopic (exact) mass is 322 g/mol. The summed E-state index contributed by atoms with van der Waals surface area (Å²) in [6.07, 6.45) is 2.43. The Labute approximate surface area is 134 Å². The zero-order valence-corrected chi connectivity index (χ0v) is 13.2. The van der Waals surface area contributed by atoms with Crippen molar-refractivity contribution in [1.29, 1.82) is 0 Å². The van der Waals surface area contributed by atoms with Gasteiger partial charge in [-0.05, 0) is 55.4 Å². The standard InChI is InChI=1S/C16H19FN2O2S/c1-12-5-6-13(10-15(12)17)19-16(22)18-7-3-8-20-11-14-4-2-9-21-14/h2,4-6,9-10H,3,7-8,11H2,1H3,(H2,18,19,22). The van der Waals surface area contributed by atoms with Gasteiger partial charge in [0.25, 0.3) is 0 Å². The third kappa shape index (κ3) is 5.46. The molecule has 0 atom stereocenters. The normalized spacial score (nSPS) is 10.5. The van der Waals surface area contributed by atoms with Gasteiger partial charge in [0.15, 0.2) is 5.11 Å². The summed E-state index contributed by atoms with van der Waals surface area (Å²) >= 11 is 5.15. The minimum Gasteiger partial charge on any atom is -0.467 e. The van der Waals surface area contributed by atoms with Crippen LogP contribution in [0.1, 0.15) is 17.7 Å². The van der Waals surface area contributed by atoms with Crippen LogP contribution in [0.15, 0.2) is 41.0 Å². The second-order valence-electron chi connectivity index (χ2n) is 4.83. The van der Waals surface area contributed by atoms with E-state index in [2.05, 4.69) is 10.6 Å². The van der Waals surface area contributed by atoms with Gasteiger partial charge < -0.3 is 19.8 Å². The number of furan rings is 1. The molecule has 0 aliphatic heterocycles. The highest BCUT2D eigenvalue weighted by molar-refractivity contribution is 7.80. The van der Waals surface area contributed by atoms with E-state index in [1.165, 1.54) is 6.07 Å². The van der Waals surface area contributed by atoms with Crippen LogP contribution in [0.5, 0.6) is 0 Å². The van der Waals surface area contributed by atoms with Gasteiger partial charge in [-0.25, -0.2) is 4.39 Å². The van der Waals surface area contributed by atoms with Crippen LogP contribution < -0.4 is 10.6 Å². The van der Waals surface area contributed by atoms with E-state index in [4.69, 9.17) is 21.4 Å². The Morgan fingerprint density at radius 1 is 1.36 bits per heavy atom. The van der Waals surface area contributed by atoms with Gasteiger partial charge in [-0.1, -0.05) is 6.07 Å². The van der Waals surface area contributed by atoms with E-state index in [0.29, 0.717) is 36.1 Å². The zero-order chi connectivity index (χ0) is 15.8. The van der Waals surface area contributed by atoms with Crippen molar-refractivity contribution in [3.63, 3.8) is 0 Å². The fraction of sp³-hybridized carbons (Fsp3) is 0.312. The second-order valence-corrected chi connectivity index (χ2v) is 5.24. The third-order valence-electron chi connectivity index (χ3n) is 3.01. The molecular weight excluding hydrogens is 303 g/mol. The van der Waals surface area contributed by atoms with Crippen molar-refractivity contribution in [2.75, 3.05) is 18.5 Å². The van der Waals surface area contributed by atoms with Crippen molar-refractivity contribution in [1.82, 2.24) is 5.32 Å². The Kier molecular flexibility index (Phi) is 6.36. The van der Waals surface area contributed by atoms with Gasteiger partial charge >= 0.3 is 0 Å². The molecule has 6 heteroatoms. The largest absolute Gasteiger partial charge is 0.467 e. The minimum atomic E-state index is -0.251. The molecule has 0 radical (unpaired) electrons. The number of halogens is 1. The first kappa shape index (κ1) is 16.5. The fourth-order valence-corrected chi connectivity index (χ4v) is 2.01. The number of aryl methyl sites for hydroxylation is 1. The minimum absolute atomic E-state index is 0.251. The molecule has 4 nitrogen and oxygen atoms in total. The van der Waals surface area contributed by atoms with Gasteiger partial charge in [0.05, 0.1) is 6.26 Å². The lowest BCUT2D eigenvalue weighted by atomic mass is 10.2. The molecule has 0 aliphatic rings. The molecular formula is C16H19FN2O2S. The van der Waals surface area contributed by atoms with Gasteiger partial charge in [-0.15, -0.1) is 0 Å². The van der Waals surface area contributed by atoms with E-state index in [1.807, 2.05) is 12.1 Å². The molecule has 0 saturated heterocycles. The summed E-state index contributed by atoms with van der Waals surface area (Å²) in [5.41, 5.74) is 1.24. The molecule has 1 aromatic carbocycles. The van der Waals surface area contributed by atoms with E-state index in [1.54, 1.807) is 25.3 Å². The van der Waals surface area contributed by atoms with Gasteiger partial charge in [-0.3, -0.25) is 0 Å². The van der Waals surface area contributed by atoms with Gasteiger partial charge in [0.2, 0.25) is 0 Å². The maximum Gasteiger partial charge on any atom is 0.170 e. The van der Waals surface area contributed by atoms with Crippen LogP contribution in [-0.2, 0) is 11.3 Å². The van der Waals surface area contributed by atoms with Crippen LogP contribution in [0, 0.1) is 12.7 Å². The maximum absolute atomic E-state index is 13.4. The molecule has 1 aromatic heterocycles. The first-order chi connectivity index (χ1) is 10.6. The van der Waals surface area contributed by atoms with Gasteiger partial charge in [0.1, 0.15) is 18.2 Å². The fourth-order valence-electron chi connectivity index (χ4n) is 1.79. The SMILES string of the molecule is Cc1ccc(NC(=S)NCCCOCc2ccco2)cc1F. The predicted octanol–water partition coefficient (Wildman–Crippen LogP) is 3.62. The average Bonchev–Trinajstić information content (AvgIpc) is 3.00. The molecule has 0 saturated carbocycles. The maximum atomic E-state index is 13.4. The number of ether oxygens (including phenoxy) is 1. The van der Waals surface area contributed by atoms with E-state index in [9.17, 15) is 4.39 Å². The molecule has 0 bridgehead atoms. The van der Waals surface area contributed by atoms with E-state index in [0.717, 1.165) is 12.2 Å². The molecule has 0 fully saturated rings. The highest BCUT2D eigenvalue weighted by Gasteiger charge is 2.01. The van der Waals surface area contributed by atoms with Crippen molar-refractivity contribution in [3.8, 4) is 0 Å². The highest BCUT2D eigenvalue weighted by atomic mass is 32.1. The van der Waals surface area contributed by atoms with Crippen molar-refractivity contribution in [2.24, 2.45) is 0 Å². The summed E-state index contributed by atoms with van der Waals surface area (Å²) in [7, 11) is 0. The van der Waals surface area contributed by atoms with Crippen LogP contribution in [0.4, 0.5) is 10.1 Å². The number of hydrogen-bond acceptors (Lipinski definition) is 3. The molecule has 0 amide bonds. The first-order valence-corrected chi connectivity index (χ1v) is 7.47. The number of rotatable bonds is 7. The van der Waals surface area contributed by atoms with Crippen LogP contribution >= 0.6 is 12.2 Å². The molecule has 0 spiro atoms. The lowest BCUT2D eigenvalue weighted by molar-refractivity contribution is 0.105. The number of anilines is 1. The van der Waals surface area contributed by atoms with Gasteiger partial charge in [-0.2, -0.15) is 0 Å². The van der Waals surface area contributed by atoms with Crippen LogP contribution in [0.25, 0.3) is 0 Å². The Hall–Kier alpha value is -1.92. The Bertz CT molecular complexity index is 602. The Morgan fingerprint density at radius 3 is 2.95 bits per heavy atom. The van der Waals surface area contributed by atoms with Crippen LogP contribution in [0.3, 0.4) is 0 Å². The molecule has 22 heavy (non-hydrogen) atoms.